The van der Waals surface area contributed by atoms with Gasteiger partial charge in [0.25, 0.3) is 0 Å². The molecule has 0 aliphatic heterocycles. The van der Waals surface area contributed by atoms with E-state index in [4.69, 9.17) is 8.83 Å². The molecule has 0 radical (unpaired) electrons. The predicted molar refractivity (Wildman–Crippen MR) is 270 cm³/mol. The minimum absolute atomic E-state index is 0.905. The van der Waals surface area contributed by atoms with Gasteiger partial charge in [0.1, 0.15) is 22.3 Å². The van der Waals surface area contributed by atoms with E-state index in [2.05, 4.69) is 206 Å². The fourth-order valence-corrected chi connectivity index (χ4v) is 10.9. The topological polar surface area (TPSA) is 26.3 Å². The Labute approximate surface area is 367 Å². The molecule has 0 amide bonds. The smallest absolute Gasteiger partial charge is 0.136 e. The van der Waals surface area contributed by atoms with E-state index in [-0.39, 0.29) is 0 Å². The summed E-state index contributed by atoms with van der Waals surface area (Å²) >= 11 is 0. The molecule has 2 heteroatoms. The normalized spacial score (nSPS) is 12.1. The van der Waals surface area contributed by atoms with Gasteiger partial charge >= 0.3 is 0 Å². The highest BCUT2D eigenvalue weighted by atomic mass is 16.3. The van der Waals surface area contributed by atoms with Gasteiger partial charge in [-0.15, -0.1) is 0 Å². The van der Waals surface area contributed by atoms with Crippen LogP contribution >= 0.6 is 0 Å². The SMILES string of the molecule is c1ccc(-c2cc(-c3c4cccc(-c5cccc6c5ccc5oc7ccccc7c56)c4cc4c(-c5cccc6c5ccc5oc7ccccc7c56)cccc34)c3ccccc3c2)cc1. The van der Waals surface area contributed by atoms with Gasteiger partial charge in [-0.2, -0.15) is 0 Å². The number of rotatable bonds is 4. The number of benzene rings is 12. The molecule has 0 atom stereocenters. The lowest BCUT2D eigenvalue weighted by Crippen LogP contribution is -1.93. The molecule has 64 heavy (non-hydrogen) atoms. The Hall–Kier alpha value is -8.46. The second-order valence-corrected chi connectivity index (χ2v) is 17.0. The molecule has 0 bridgehead atoms. The molecule has 0 spiro atoms. The predicted octanol–water partition coefficient (Wildman–Crippen LogP) is 17.9. The van der Waals surface area contributed by atoms with Crippen LogP contribution in [0.5, 0.6) is 0 Å². The first kappa shape index (κ1) is 35.2. The molecule has 0 saturated carbocycles. The molecule has 0 fully saturated rings. The highest BCUT2D eigenvalue weighted by Gasteiger charge is 2.21. The molecular weight excluding hydrogens is 777 g/mol. The summed E-state index contributed by atoms with van der Waals surface area (Å²) in [6, 6.07) is 79.7. The summed E-state index contributed by atoms with van der Waals surface area (Å²) < 4.78 is 12.8. The Morgan fingerprint density at radius 2 is 0.672 bits per heavy atom. The summed E-state index contributed by atoms with van der Waals surface area (Å²) in [5.41, 5.74) is 13.3. The van der Waals surface area contributed by atoms with E-state index in [0.29, 0.717) is 0 Å². The van der Waals surface area contributed by atoms with Crippen LogP contribution < -0.4 is 0 Å². The molecule has 0 aliphatic rings. The van der Waals surface area contributed by atoms with Crippen molar-refractivity contribution < 1.29 is 8.83 Å². The Balaban J connectivity index is 1.12. The van der Waals surface area contributed by atoms with Gasteiger partial charge in [0.2, 0.25) is 0 Å². The first-order valence-electron chi connectivity index (χ1n) is 22.0. The van der Waals surface area contributed by atoms with E-state index in [1.807, 2.05) is 12.1 Å². The Morgan fingerprint density at radius 3 is 1.23 bits per heavy atom. The van der Waals surface area contributed by atoms with Crippen LogP contribution in [0.4, 0.5) is 0 Å². The van der Waals surface area contributed by atoms with Crippen LogP contribution in [0.2, 0.25) is 0 Å². The summed E-state index contributed by atoms with van der Waals surface area (Å²) in [4.78, 5) is 0. The van der Waals surface area contributed by atoms with Gasteiger partial charge < -0.3 is 8.83 Å². The van der Waals surface area contributed by atoms with Gasteiger partial charge in [0, 0.05) is 21.5 Å². The molecule has 0 aliphatic carbocycles. The lowest BCUT2D eigenvalue weighted by Gasteiger charge is -2.20. The maximum absolute atomic E-state index is 6.39. The van der Waals surface area contributed by atoms with Gasteiger partial charge in [0.05, 0.1) is 0 Å². The fourth-order valence-electron chi connectivity index (χ4n) is 10.9. The molecule has 2 heterocycles. The second-order valence-electron chi connectivity index (χ2n) is 17.0. The van der Waals surface area contributed by atoms with Crippen molar-refractivity contribution in [2.45, 2.75) is 0 Å². The first-order valence-corrected chi connectivity index (χ1v) is 22.0. The standard InChI is InChI=1S/C62H36O2/c1-2-14-37(15-3-1)39-34-38-16-4-5-17-40(38)55(35-39)60-49-26-12-22-43(41-20-10-24-47-45(41)30-32-58-61(47)51-18-6-8-28-56(51)63-58)53(49)36-54-44(23-13-27-50(54)60)42-21-11-25-48-46(42)31-33-59-62(48)52-19-7-9-29-57(52)64-59/h1-36H. The monoisotopic (exact) mass is 812 g/mol. The molecule has 0 N–H and O–H groups in total. The van der Waals surface area contributed by atoms with E-state index >= 15 is 0 Å². The maximum Gasteiger partial charge on any atom is 0.136 e. The van der Waals surface area contributed by atoms with E-state index in [1.165, 1.54) is 98.4 Å². The highest BCUT2D eigenvalue weighted by molar-refractivity contribution is 6.27. The quantitative estimate of drug-likeness (QED) is 0.166. The van der Waals surface area contributed by atoms with Crippen LogP contribution in [0.15, 0.2) is 227 Å². The zero-order valence-corrected chi connectivity index (χ0v) is 34.6. The van der Waals surface area contributed by atoms with Crippen LogP contribution in [0, 0.1) is 0 Å². The molecule has 0 saturated heterocycles. The van der Waals surface area contributed by atoms with Crippen molar-refractivity contribution in [2.75, 3.05) is 0 Å². The fraction of sp³-hybridized carbons (Fsp3) is 0. The number of furan rings is 2. The number of para-hydroxylation sites is 2. The Kier molecular flexibility index (Phi) is 7.43. The van der Waals surface area contributed by atoms with Crippen LogP contribution in [0.25, 0.3) is 142 Å². The number of hydrogen-bond acceptors (Lipinski definition) is 2. The van der Waals surface area contributed by atoms with E-state index in [9.17, 15) is 0 Å². The third kappa shape index (κ3) is 5.08. The molecule has 0 unspecified atom stereocenters. The Bertz CT molecular complexity index is 4030. The van der Waals surface area contributed by atoms with E-state index in [0.717, 1.165) is 43.9 Å². The van der Waals surface area contributed by atoms with E-state index < -0.39 is 0 Å². The number of fused-ring (bicyclic) bond motifs is 13. The van der Waals surface area contributed by atoms with Gasteiger partial charge in [-0.1, -0.05) is 176 Å². The van der Waals surface area contributed by atoms with Gasteiger partial charge in [-0.25, -0.2) is 0 Å². The van der Waals surface area contributed by atoms with Crippen molar-refractivity contribution in [2.24, 2.45) is 0 Å². The van der Waals surface area contributed by atoms with Crippen LogP contribution in [-0.4, -0.2) is 0 Å². The zero-order valence-electron chi connectivity index (χ0n) is 34.6. The van der Waals surface area contributed by atoms with Crippen molar-refractivity contribution in [1.29, 1.82) is 0 Å². The van der Waals surface area contributed by atoms with E-state index in [1.54, 1.807) is 0 Å². The molecular formula is C62H36O2. The zero-order chi connectivity index (χ0) is 41.9. The average molecular weight is 813 g/mol. The molecule has 12 aromatic carbocycles. The lowest BCUT2D eigenvalue weighted by molar-refractivity contribution is 0.669. The summed E-state index contributed by atoms with van der Waals surface area (Å²) in [5, 5.41) is 16.7. The summed E-state index contributed by atoms with van der Waals surface area (Å²) in [6.07, 6.45) is 0. The van der Waals surface area contributed by atoms with Crippen LogP contribution in [0.1, 0.15) is 0 Å². The third-order valence-electron chi connectivity index (χ3n) is 13.7. The number of hydrogen-bond donors (Lipinski definition) is 0. The summed E-state index contributed by atoms with van der Waals surface area (Å²) in [5.74, 6) is 0. The van der Waals surface area contributed by atoms with Crippen molar-refractivity contribution in [3.8, 4) is 44.5 Å². The highest BCUT2D eigenvalue weighted by Crippen LogP contribution is 2.48. The largest absolute Gasteiger partial charge is 0.456 e. The minimum Gasteiger partial charge on any atom is -0.456 e. The molecule has 14 rings (SSSR count). The average Bonchev–Trinajstić information content (AvgIpc) is 3.94. The molecule has 14 aromatic rings. The second kappa shape index (κ2) is 13.5. The minimum atomic E-state index is 0.905. The summed E-state index contributed by atoms with van der Waals surface area (Å²) in [7, 11) is 0. The van der Waals surface area contributed by atoms with Crippen molar-refractivity contribution >= 4 is 97.7 Å². The lowest BCUT2D eigenvalue weighted by atomic mass is 9.83. The van der Waals surface area contributed by atoms with Crippen LogP contribution in [-0.2, 0) is 0 Å². The molecule has 2 nitrogen and oxygen atoms in total. The van der Waals surface area contributed by atoms with Crippen molar-refractivity contribution in [1.82, 2.24) is 0 Å². The molecule has 2 aromatic heterocycles. The molecule has 296 valence electrons. The van der Waals surface area contributed by atoms with Gasteiger partial charge in [0.15, 0.2) is 0 Å². The van der Waals surface area contributed by atoms with Gasteiger partial charge in [-0.05, 0) is 141 Å². The van der Waals surface area contributed by atoms with Crippen LogP contribution in [0.3, 0.4) is 0 Å². The maximum atomic E-state index is 6.39. The Morgan fingerprint density at radius 1 is 0.219 bits per heavy atom. The first-order chi connectivity index (χ1) is 31.7. The van der Waals surface area contributed by atoms with Crippen molar-refractivity contribution in [3.05, 3.63) is 218 Å². The summed E-state index contributed by atoms with van der Waals surface area (Å²) in [6.45, 7) is 0. The van der Waals surface area contributed by atoms with Gasteiger partial charge in [-0.3, -0.25) is 0 Å². The van der Waals surface area contributed by atoms with Crippen molar-refractivity contribution in [3.63, 3.8) is 0 Å². The third-order valence-corrected chi connectivity index (χ3v) is 13.7.